The van der Waals surface area contributed by atoms with E-state index in [2.05, 4.69) is 23.3 Å². The summed E-state index contributed by atoms with van der Waals surface area (Å²) in [5.41, 5.74) is 5.86. The number of rotatable bonds is 12. The van der Waals surface area contributed by atoms with Gasteiger partial charge in [0.05, 0.1) is 6.04 Å². The lowest BCUT2D eigenvalue weighted by atomic mass is 10.0. The van der Waals surface area contributed by atoms with E-state index in [0.29, 0.717) is 19.3 Å². The standard InChI is InChI=1S/C19H32N4O7S/c1-10(2)8-11(20)16(26)22-13(9-31)18(28)23-7-3-4-14(23)17(27)21-12(19(29)30)5-6-15(24)25/h10-14,31H,3-9,20H2,1-2H3,(H,21,27)(H,22,26)(H,24,25)(H,29,30). The van der Waals surface area contributed by atoms with Crippen LogP contribution in [0.4, 0.5) is 0 Å². The van der Waals surface area contributed by atoms with Crippen molar-refractivity contribution in [3.05, 3.63) is 0 Å². The third kappa shape index (κ3) is 8.37. The molecule has 3 amide bonds. The Labute approximate surface area is 186 Å². The van der Waals surface area contributed by atoms with Gasteiger partial charge in [0, 0.05) is 18.7 Å². The molecule has 0 aliphatic carbocycles. The molecule has 1 aliphatic heterocycles. The first-order valence-electron chi connectivity index (χ1n) is 10.2. The molecule has 12 heteroatoms. The Morgan fingerprint density at radius 3 is 2.29 bits per heavy atom. The van der Waals surface area contributed by atoms with Gasteiger partial charge in [-0.25, -0.2) is 4.79 Å². The number of carbonyl (C=O) groups excluding carboxylic acids is 3. The van der Waals surface area contributed by atoms with E-state index < -0.39 is 60.2 Å². The average Bonchev–Trinajstić information content (AvgIpc) is 3.17. The van der Waals surface area contributed by atoms with E-state index >= 15 is 0 Å². The molecule has 31 heavy (non-hydrogen) atoms. The highest BCUT2D eigenvalue weighted by atomic mass is 32.1. The minimum Gasteiger partial charge on any atom is -0.481 e. The molecule has 1 rings (SSSR count). The number of thiol groups is 1. The second-order valence-electron chi connectivity index (χ2n) is 8.00. The second kappa shape index (κ2) is 12.5. The molecule has 0 aromatic rings. The normalized spacial score (nSPS) is 18.9. The van der Waals surface area contributed by atoms with Gasteiger partial charge in [0.25, 0.3) is 0 Å². The van der Waals surface area contributed by atoms with Gasteiger partial charge >= 0.3 is 11.9 Å². The summed E-state index contributed by atoms with van der Waals surface area (Å²) in [4.78, 5) is 61.2. The zero-order valence-electron chi connectivity index (χ0n) is 17.7. The van der Waals surface area contributed by atoms with Gasteiger partial charge in [0.2, 0.25) is 17.7 Å². The van der Waals surface area contributed by atoms with Crippen molar-refractivity contribution >= 4 is 42.3 Å². The first-order valence-corrected chi connectivity index (χ1v) is 10.8. The van der Waals surface area contributed by atoms with Gasteiger partial charge in [0.1, 0.15) is 18.1 Å². The van der Waals surface area contributed by atoms with Crippen LogP contribution in [-0.2, 0) is 24.0 Å². The lowest BCUT2D eigenvalue weighted by Crippen LogP contribution is -2.57. The summed E-state index contributed by atoms with van der Waals surface area (Å²) in [6.07, 6.45) is 0.593. The van der Waals surface area contributed by atoms with Gasteiger partial charge in [0.15, 0.2) is 0 Å². The lowest BCUT2D eigenvalue weighted by Gasteiger charge is -2.29. The van der Waals surface area contributed by atoms with Crippen LogP contribution in [0.2, 0.25) is 0 Å². The number of carboxylic acid groups (broad SMARTS) is 2. The molecule has 6 N–H and O–H groups in total. The highest BCUT2D eigenvalue weighted by Gasteiger charge is 2.38. The Hall–Kier alpha value is -2.34. The van der Waals surface area contributed by atoms with Crippen LogP contribution in [0, 0.1) is 5.92 Å². The van der Waals surface area contributed by atoms with Gasteiger partial charge in [-0.2, -0.15) is 12.6 Å². The number of hydrogen-bond donors (Lipinski definition) is 6. The maximum Gasteiger partial charge on any atom is 0.326 e. The lowest BCUT2D eigenvalue weighted by molar-refractivity contribution is -0.145. The molecule has 0 spiro atoms. The van der Waals surface area contributed by atoms with Crippen molar-refractivity contribution in [2.75, 3.05) is 12.3 Å². The van der Waals surface area contributed by atoms with Crippen LogP contribution in [0.1, 0.15) is 46.0 Å². The van der Waals surface area contributed by atoms with Crippen molar-refractivity contribution < 1.29 is 34.2 Å². The van der Waals surface area contributed by atoms with E-state index in [1.807, 2.05) is 13.8 Å². The molecule has 0 saturated carbocycles. The third-order valence-corrected chi connectivity index (χ3v) is 5.32. The molecule has 4 unspecified atom stereocenters. The maximum absolute atomic E-state index is 13.0. The van der Waals surface area contributed by atoms with E-state index in [-0.39, 0.29) is 24.6 Å². The van der Waals surface area contributed by atoms with Crippen molar-refractivity contribution in [1.82, 2.24) is 15.5 Å². The van der Waals surface area contributed by atoms with E-state index in [4.69, 9.17) is 10.8 Å². The molecule has 176 valence electrons. The first kappa shape index (κ1) is 26.7. The number of amides is 3. The maximum atomic E-state index is 13.0. The van der Waals surface area contributed by atoms with Crippen LogP contribution in [0.3, 0.4) is 0 Å². The van der Waals surface area contributed by atoms with Crippen LogP contribution in [0.15, 0.2) is 0 Å². The second-order valence-corrected chi connectivity index (χ2v) is 8.37. The Kier molecular flexibility index (Phi) is 10.8. The summed E-state index contributed by atoms with van der Waals surface area (Å²) in [5.74, 6) is -4.01. The number of aliphatic carboxylic acids is 2. The van der Waals surface area contributed by atoms with Crippen molar-refractivity contribution in [2.24, 2.45) is 11.7 Å². The van der Waals surface area contributed by atoms with Crippen molar-refractivity contribution in [3.63, 3.8) is 0 Å². The Balaban J connectivity index is 2.81. The minimum absolute atomic E-state index is 0.000172. The van der Waals surface area contributed by atoms with Crippen molar-refractivity contribution in [1.29, 1.82) is 0 Å². The fourth-order valence-corrected chi connectivity index (χ4v) is 3.62. The average molecular weight is 461 g/mol. The molecule has 0 aromatic heterocycles. The smallest absolute Gasteiger partial charge is 0.326 e. The SMILES string of the molecule is CC(C)CC(N)C(=O)NC(CS)C(=O)N1CCCC1C(=O)NC(CCC(=O)O)C(=O)O. The van der Waals surface area contributed by atoms with E-state index in [0.717, 1.165) is 0 Å². The van der Waals surface area contributed by atoms with Gasteiger partial charge in [-0.15, -0.1) is 0 Å². The number of likely N-dealkylation sites (tertiary alicyclic amines) is 1. The molecular weight excluding hydrogens is 428 g/mol. The molecule has 11 nitrogen and oxygen atoms in total. The highest BCUT2D eigenvalue weighted by Crippen LogP contribution is 2.19. The molecule has 1 aliphatic rings. The monoisotopic (exact) mass is 460 g/mol. The van der Waals surface area contributed by atoms with E-state index in [1.54, 1.807) is 0 Å². The number of nitrogens with zero attached hydrogens (tertiary/aromatic N) is 1. The number of nitrogens with one attached hydrogen (secondary N) is 2. The van der Waals surface area contributed by atoms with Gasteiger partial charge in [-0.05, 0) is 31.6 Å². The van der Waals surface area contributed by atoms with Crippen molar-refractivity contribution in [2.45, 2.75) is 70.1 Å². The highest BCUT2D eigenvalue weighted by molar-refractivity contribution is 7.80. The van der Waals surface area contributed by atoms with E-state index in [1.165, 1.54) is 4.90 Å². The first-order chi connectivity index (χ1) is 14.5. The minimum atomic E-state index is -1.38. The Bertz CT molecular complexity index is 688. The molecule has 0 bridgehead atoms. The van der Waals surface area contributed by atoms with E-state index in [9.17, 15) is 29.1 Å². The number of carboxylic acids is 2. The summed E-state index contributed by atoms with van der Waals surface area (Å²) in [5, 5.41) is 22.9. The number of carbonyl (C=O) groups is 5. The summed E-state index contributed by atoms with van der Waals surface area (Å²) < 4.78 is 0. The predicted molar refractivity (Wildman–Crippen MR) is 114 cm³/mol. The summed E-state index contributed by atoms with van der Waals surface area (Å²) in [6.45, 7) is 4.10. The predicted octanol–water partition coefficient (Wildman–Crippen LogP) is -0.800. The van der Waals surface area contributed by atoms with Gasteiger partial charge in [-0.1, -0.05) is 13.8 Å². The fourth-order valence-electron chi connectivity index (χ4n) is 3.38. The van der Waals surface area contributed by atoms with Crippen molar-refractivity contribution in [3.8, 4) is 0 Å². The zero-order chi connectivity index (χ0) is 23.7. The molecule has 1 saturated heterocycles. The Morgan fingerprint density at radius 2 is 1.77 bits per heavy atom. The summed E-state index contributed by atoms with van der Waals surface area (Å²) in [6, 6.07) is -4.05. The van der Waals surface area contributed by atoms with Gasteiger partial charge in [-0.3, -0.25) is 19.2 Å². The van der Waals surface area contributed by atoms with Crippen LogP contribution >= 0.6 is 12.6 Å². The molecule has 0 aromatic carbocycles. The number of hydrogen-bond acceptors (Lipinski definition) is 7. The number of nitrogens with two attached hydrogens (primary N) is 1. The molecule has 1 fully saturated rings. The van der Waals surface area contributed by atoms with Crippen LogP contribution in [0.25, 0.3) is 0 Å². The van der Waals surface area contributed by atoms with Crippen LogP contribution in [-0.4, -0.2) is 81.2 Å². The quantitative estimate of drug-likeness (QED) is 0.205. The van der Waals surface area contributed by atoms with Gasteiger partial charge < -0.3 is 31.5 Å². The van der Waals surface area contributed by atoms with Crippen LogP contribution < -0.4 is 16.4 Å². The summed E-state index contributed by atoms with van der Waals surface area (Å²) >= 11 is 4.13. The summed E-state index contributed by atoms with van der Waals surface area (Å²) in [7, 11) is 0. The third-order valence-electron chi connectivity index (χ3n) is 4.96. The molecule has 4 atom stereocenters. The fraction of sp³-hybridized carbons (Fsp3) is 0.737. The zero-order valence-corrected chi connectivity index (χ0v) is 18.6. The topological polar surface area (TPSA) is 179 Å². The van der Waals surface area contributed by atoms with Crippen LogP contribution in [0.5, 0.6) is 0 Å². The Morgan fingerprint density at radius 1 is 1.13 bits per heavy atom. The molecule has 0 radical (unpaired) electrons. The largest absolute Gasteiger partial charge is 0.481 e. The molecular formula is C19H32N4O7S. The molecule has 1 heterocycles.